The molecule has 1 aliphatic rings. The van der Waals surface area contributed by atoms with Crippen LogP contribution in [0.3, 0.4) is 0 Å². The molecule has 0 radical (unpaired) electrons. The van der Waals surface area contributed by atoms with Crippen molar-refractivity contribution in [3.63, 3.8) is 0 Å². The van der Waals surface area contributed by atoms with Crippen LogP contribution in [0.2, 0.25) is 0 Å². The number of carbonyl (C=O) groups excluding carboxylic acids is 1. The Morgan fingerprint density at radius 1 is 1.56 bits per heavy atom. The fourth-order valence-electron chi connectivity index (χ4n) is 1.35. The summed E-state index contributed by atoms with van der Waals surface area (Å²) in [5.41, 5.74) is 2.12. The lowest BCUT2D eigenvalue weighted by Gasteiger charge is -1.97. The molecule has 0 aromatic carbocycles. The molecule has 0 bridgehead atoms. The summed E-state index contributed by atoms with van der Waals surface area (Å²) in [7, 11) is 0. The van der Waals surface area contributed by atoms with E-state index in [1.165, 1.54) is 5.57 Å². The summed E-state index contributed by atoms with van der Waals surface area (Å²) in [5.74, 6) is 2.91. The predicted octanol–water partition coefficient (Wildman–Crippen LogP) is 2.67. The monoisotopic (exact) mass is 219 g/mol. The number of hydrogen-bond acceptors (Lipinski definition) is 1. The molecule has 0 unspecified atom stereocenters. The first-order chi connectivity index (χ1) is 7.52. The molecule has 16 heavy (non-hydrogen) atoms. The molecule has 0 saturated carbocycles. The maximum atomic E-state index is 11.3. The smallest absolute Gasteiger partial charge is 0.247 e. The van der Waals surface area contributed by atoms with Gasteiger partial charge in [0.2, 0.25) is 5.91 Å². The molecule has 0 fully saturated rings. The van der Waals surface area contributed by atoms with Crippen LogP contribution in [0.25, 0.3) is 0 Å². The number of rotatable bonds is 3. The van der Waals surface area contributed by atoms with Crippen LogP contribution in [0.15, 0.2) is 23.3 Å². The van der Waals surface area contributed by atoms with E-state index in [1.54, 1.807) is 6.92 Å². The molecule has 0 aromatic rings. The van der Waals surface area contributed by atoms with Crippen LogP contribution in [-0.2, 0) is 4.79 Å². The normalized spacial score (nSPS) is 14.9. The van der Waals surface area contributed by atoms with Crippen molar-refractivity contribution >= 4 is 5.91 Å². The Balaban J connectivity index is 0.000000673. The van der Waals surface area contributed by atoms with Crippen LogP contribution in [0, 0.1) is 18.3 Å². The summed E-state index contributed by atoms with van der Waals surface area (Å²) in [6.07, 6.45) is 9.58. The number of hydrogen-bond donors (Lipinski definition) is 1. The van der Waals surface area contributed by atoms with Gasteiger partial charge in [0.25, 0.3) is 0 Å². The third kappa shape index (κ3) is 5.41. The maximum Gasteiger partial charge on any atom is 0.247 e. The second kappa shape index (κ2) is 7.76. The maximum absolute atomic E-state index is 11.3. The number of carbonyl (C=O) groups is 1. The molecule has 88 valence electrons. The quantitative estimate of drug-likeness (QED) is 0.574. The van der Waals surface area contributed by atoms with Crippen LogP contribution in [0.5, 0.6) is 0 Å². The highest BCUT2D eigenvalue weighted by Crippen LogP contribution is 2.14. The van der Waals surface area contributed by atoms with Gasteiger partial charge in [-0.15, -0.1) is 12.3 Å². The van der Waals surface area contributed by atoms with E-state index in [-0.39, 0.29) is 5.91 Å². The zero-order valence-electron chi connectivity index (χ0n) is 10.6. The summed E-state index contributed by atoms with van der Waals surface area (Å²) < 4.78 is 0. The molecular weight excluding hydrogens is 198 g/mol. The van der Waals surface area contributed by atoms with Crippen LogP contribution in [0.1, 0.15) is 34.1 Å². The van der Waals surface area contributed by atoms with Gasteiger partial charge in [-0.3, -0.25) is 4.79 Å². The Bertz CT molecular complexity index is 329. The second-order valence-corrected chi connectivity index (χ2v) is 4.11. The Morgan fingerprint density at radius 3 is 2.50 bits per heavy atom. The van der Waals surface area contributed by atoms with Crippen LogP contribution >= 0.6 is 0 Å². The SMILES string of the molecule is C#CC.CC1=C(C/C=C\C(C)C)C(=O)NC1. The van der Waals surface area contributed by atoms with Crippen LogP contribution in [0.4, 0.5) is 0 Å². The van der Waals surface area contributed by atoms with Crippen molar-refractivity contribution in [2.75, 3.05) is 6.54 Å². The van der Waals surface area contributed by atoms with Gasteiger partial charge in [-0.2, -0.15) is 0 Å². The highest BCUT2D eigenvalue weighted by atomic mass is 16.1. The summed E-state index contributed by atoms with van der Waals surface area (Å²) in [6, 6.07) is 0. The lowest BCUT2D eigenvalue weighted by molar-refractivity contribution is -0.116. The Labute approximate surface area is 98.8 Å². The average molecular weight is 219 g/mol. The molecule has 2 nitrogen and oxygen atoms in total. The molecule has 0 atom stereocenters. The fraction of sp³-hybridized carbons (Fsp3) is 0.500. The Hall–Kier alpha value is -1.49. The van der Waals surface area contributed by atoms with Crippen molar-refractivity contribution in [3.05, 3.63) is 23.3 Å². The van der Waals surface area contributed by atoms with Crippen molar-refractivity contribution < 1.29 is 4.79 Å². The highest BCUT2D eigenvalue weighted by Gasteiger charge is 2.17. The highest BCUT2D eigenvalue weighted by molar-refractivity contribution is 5.97. The lowest BCUT2D eigenvalue weighted by Crippen LogP contribution is -2.17. The van der Waals surface area contributed by atoms with Crippen LogP contribution < -0.4 is 5.32 Å². The topological polar surface area (TPSA) is 29.1 Å². The first kappa shape index (κ1) is 14.5. The average Bonchev–Trinajstić information content (AvgIpc) is 2.50. The number of nitrogens with one attached hydrogen (secondary N) is 1. The van der Waals surface area contributed by atoms with E-state index < -0.39 is 0 Å². The van der Waals surface area contributed by atoms with Gasteiger partial charge >= 0.3 is 0 Å². The zero-order chi connectivity index (χ0) is 12.6. The predicted molar refractivity (Wildman–Crippen MR) is 68.8 cm³/mol. The van der Waals surface area contributed by atoms with Crippen molar-refractivity contribution in [1.29, 1.82) is 0 Å². The number of amides is 1. The number of allylic oxidation sites excluding steroid dienone is 2. The van der Waals surface area contributed by atoms with Crippen molar-refractivity contribution in [2.24, 2.45) is 5.92 Å². The largest absolute Gasteiger partial charge is 0.349 e. The third-order valence-corrected chi connectivity index (χ3v) is 2.15. The minimum atomic E-state index is 0.103. The van der Waals surface area contributed by atoms with E-state index in [0.29, 0.717) is 5.92 Å². The Kier molecular flexibility index (Phi) is 7.03. The molecule has 1 heterocycles. The molecule has 1 amide bonds. The van der Waals surface area contributed by atoms with Crippen LogP contribution in [-0.4, -0.2) is 12.5 Å². The first-order valence-corrected chi connectivity index (χ1v) is 5.53. The van der Waals surface area contributed by atoms with E-state index >= 15 is 0 Å². The zero-order valence-corrected chi connectivity index (χ0v) is 10.6. The molecule has 0 spiro atoms. The summed E-state index contributed by atoms with van der Waals surface area (Å²) in [4.78, 5) is 11.3. The van der Waals surface area contributed by atoms with E-state index in [2.05, 4.69) is 43.7 Å². The molecule has 1 N–H and O–H groups in total. The third-order valence-electron chi connectivity index (χ3n) is 2.15. The van der Waals surface area contributed by atoms with Crippen molar-refractivity contribution in [3.8, 4) is 12.3 Å². The Morgan fingerprint density at radius 2 is 2.12 bits per heavy atom. The van der Waals surface area contributed by atoms with Gasteiger partial charge < -0.3 is 5.32 Å². The van der Waals surface area contributed by atoms with Crippen molar-refractivity contribution in [1.82, 2.24) is 5.32 Å². The molecule has 1 aliphatic heterocycles. The standard InChI is InChI=1S/C11H17NO.C3H4/c1-8(2)5-4-6-10-9(3)7-12-11(10)13;1-3-2/h4-5,8H,6-7H2,1-3H3,(H,12,13);1H,2H3/b5-4-;. The number of terminal acetylenes is 1. The molecule has 1 rings (SSSR count). The van der Waals surface area contributed by atoms with E-state index in [4.69, 9.17) is 0 Å². The molecular formula is C14H21NO. The van der Waals surface area contributed by atoms with Gasteiger partial charge in [-0.25, -0.2) is 0 Å². The molecule has 0 aromatic heterocycles. The minimum Gasteiger partial charge on any atom is -0.349 e. The van der Waals surface area contributed by atoms with Gasteiger partial charge in [0.05, 0.1) is 0 Å². The molecule has 0 saturated heterocycles. The molecule has 2 heteroatoms. The van der Waals surface area contributed by atoms with E-state index in [0.717, 1.165) is 18.5 Å². The summed E-state index contributed by atoms with van der Waals surface area (Å²) in [5, 5.41) is 2.81. The molecule has 0 aliphatic carbocycles. The summed E-state index contributed by atoms with van der Waals surface area (Å²) in [6.45, 7) is 8.65. The minimum absolute atomic E-state index is 0.103. The van der Waals surface area contributed by atoms with Gasteiger partial charge in [-0.05, 0) is 31.8 Å². The first-order valence-electron chi connectivity index (χ1n) is 5.53. The van der Waals surface area contributed by atoms with Crippen molar-refractivity contribution in [2.45, 2.75) is 34.1 Å². The van der Waals surface area contributed by atoms with Gasteiger partial charge in [0.15, 0.2) is 0 Å². The van der Waals surface area contributed by atoms with Gasteiger partial charge in [-0.1, -0.05) is 26.0 Å². The van der Waals surface area contributed by atoms with Gasteiger partial charge in [0, 0.05) is 12.1 Å². The fourth-order valence-corrected chi connectivity index (χ4v) is 1.35. The van der Waals surface area contributed by atoms with E-state index in [9.17, 15) is 4.79 Å². The van der Waals surface area contributed by atoms with E-state index in [1.807, 2.05) is 6.92 Å². The summed E-state index contributed by atoms with van der Waals surface area (Å²) >= 11 is 0. The lowest BCUT2D eigenvalue weighted by atomic mass is 10.1. The van der Waals surface area contributed by atoms with Gasteiger partial charge in [0.1, 0.15) is 0 Å². The second-order valence-electron chi connectivity index (χ2n) is 4.11.